The molecule has 9 aromatic rings. The summed E-state index contributed by atoms with van der Waals surface area (Å²) in [6.45, 7) is 0. The van der Waals surface area contributed by atoms with Crippen LogP contribution in [0, 0.1) is 0 Å². The van der Waals surface area contributed by atoms with Crippen LogP contribution in [0.15, 0.2) is 170 Å². The highest BCUT2D eigenvalue weighted by Crippen LogP contribution is 2.43. The summed E-state index contributed by atoms with van der Waals surface area (Å²) in [5.41, 5.74) is 12.1. The van der Waals surface area contributed by atoms with E-state index in [2.05, 4.69) is 179 Å². The SMILES string of the molecule is c1ccc(-c2ccc(-c3ccccc3-n3c4ccccc4c4c3ccc3c5ccccc5n(-c5ccccc5)c34)cc2)cc1. The quantitative estimate of drug-likeness (QED) is 0.203. The van der Waals surface area contributed by atoms with Crippen molar-refractivity contribution in [2.24, 2.45) is 0 Å². The largest absolute Gasteiger partial charge is 0.309 e. The summed E-state index contributed by atoms with van der Waals surface area (Å²) in [4.78, 5) is 0. The second-order valence-corrected chi connectivity index (χ2v) is 11.4. The highest BCUT2D eigenvalue weighted by molar-refractivity contribution is 6.26. The molecule has 0 atom stereocenters. The van der Waals surface area contributed by atoms with Crippen molar-refractivity contribution in [3.63, 3.8) is 0 Å². The number of nitrogens with zero attached hydrogens (tertiary/aromatic N) is 2. The predicted octanol–water partition coefficient (Wildman–Crippen LogP) is 11.2. The van der Waals surface area contributed by atoms with Crippen LogP contribution in [0.3, 0.4) is 0 Å². The summed E-state index contributed by atoms with van der Waals surface area (Å²) < 4.78 is 4.90. The standard InChI is InChI=1S/C42H28N2/c1-3-13-29(14-4-1)30-23-25-31(26-24-30)33-17-7-10-20-37(33)44-39-22-12-9-19-36(39)41-40(44)28-27-35-34-18-8-11-21-38(34)43(42(35)41)32-15-5-2-6-16-32/h1-28H. The molecule has 0 N–H and O–H groups in total. The predicted molar refractivity (Wildman–Crippen MR) is 186 cm³/mol. The minimum atomic E-state index is 1.17. The Kier molecular flexibility index (Phi) is 5.54. The molecule has 0 radical (unpaired) electrons. The molecule has 0 saturated heterocycles. The van der Waals surface area contributed by atoms with Gasteiger partial charge in [-0.2, -0.15) is 0 Å². The van der Waals surface area contributed by atoms with E-state index in [-0.39, 0.29) is 0 Å². The number of aromatic nitrogens is 2. The fourth-order valence-electron chi connectivity index (χ4n) is 7.00. The third-order valence-electron chi connectivity index (χ3n) is 8.93. The van der Waals surface area contributed by atoms with Crippen molar-refractivity contribution in [1.82, 2.24) is 9.13 Å². The third kappa shape index (κ3) is 3.68. The van der Waals surface area contributed by atoms with Crippen molar-refractivity contribution < 1.29 is 0 Å². The number of para-hydroxylation sites is 4. The Hall–Kier alpha value is -5.86. The highest BCUT2D eigenvalue weighted by atomic mass is 15.0. The van der Waals surface area contributed by atoms with Crippen molar-refractivity contribution in [3.05, 3.63) is 170 Å². The first-order chi connectivity index (χ1) is 21.9. The minimum absolute atomic E-state index is 1.17. The third-order valence-corrected chi connectivity index (χ3v) is 8.93. The van der Waals surface area contributed by atoms with Crippen molar-refractivity contribution >= 4 is 43.6 Å². The van der Waals surface area contributed by atoms with Crippen LogP contribution < -0.4 is 0 Å². The van der Waals surface area contributed by atoms with Crippen LogP contribution in [0.1, 0.15) is 0 Å². The maximum absolute atomic E-state index is 2.46. The van der Waals surface area contributed by atoms with E-state index in [1.165, 1.54) is 77.2 Å². The van der Waals surface area contributed by atoms with E-state index in [0.717, 1.165) is 0 Å². The summed E-state index contributed by atoms with van der Waals surface area (Å²) in [6.07, 6.45) is 0. The van der Waals surface area contributed by atoms with Crippen molar-refractivity contribution in [1.29, 1.82) is 0 Å². The Morgan fingerprint density at radius 1 is 0.318 bits per heavy atom. The normalized spacial score (nSPS) is 11.6. The van der Waals surface area contributed by atoms with Crippen molar-refractivity contribution in [2.75, 3.05) is 0 Å². The minimum Gasteiger partial charge on any atom is -0.309 e. The van der Waals surface area contributed by atoms with E-state index in [1.807, 2.05) is 0 Å². The van der Waals surface area contributed by atoms with Gasteiger partial charge in [0.1, 0.15) is 0 Å². The van der Waals surface area contributed by atoms with Crippen LogP contribution >= 0.6 is 0 Å². The Balaban J connectivity index is 1.35. The van der Waals surface area contributed by atoms with Gasteiger partial charge in [0.15, 0.2) is 0 Å². The van der Waals surface area contributed by atoms with Gasteiger partial charge in [0, 0.05) is 32.8 Å². The van der Waals surface area contributed by atoms with E-state index < -0.39 is 0 Å². The van der Waals surface area contributed by atoms with Gasteiger partial charge in [0.05, 0.1) is 27.8 Å². The molecule has 0 aliphatic heterocycles. The van der Waals surface area contributed by atoms with Crippen LogP contribution in [0.5, 0.6) is 0 Å². The second kappa shape index (κ2) is 9.86. The van der Waals surface area contributed by atoms with Crippen LogP contribution in [0.4, 0.5) is 0 Å². The Bertz CT molecular complexity index is 2460. The Morgan fingerprint density at radius 3 is 1.66 bits per heavy atom. The van der Waals surface area contributed by atoms with Crippen LogP contribution in [0.25, 0.3) is 77.2 Å². The zero-order valence-electron chi connectivity index (χ0n) is 24.1. The fraction of sp³-hybridized carbons (Fsp3) is 0. The molecule has 2 heteroatoms. The summed E-state index contributed by atoms with van der Waals surface area (Å²) in [7, 11) is 0. The van der Waals surface area contributed by atoms with Crippen LogP contribution in [0.2, 0.25) is 0 Å². The van der Waals surface area contributed by atoms with Gasteiger partial charge >= 0.3 is 0 Å². The van der Waals surface area contributed by atoms with Crippen molar-refractivity contribution in [2.45, 2.75) is 0 Å². The molecular formula is C42H28N2. The maximum Gasteiger partial charge on any atom is 0.0641 e. The second-order valence-electron chi connectivity index (χ2n) is 11.4. The lowest BCUT2D eigenvalue weighted by molar-refractivity contribution is 1.17. The Morgan fingerprint density at radius 2 is 0.886 bits per heavy atom. The summed E-state index contributed by atoms with van der Waals surface area (Å²) in [5.74, 6) is 0. The first-order valence-electron chi connectivity index (χ1n) is 15.1. The molecule has 0 fully saturated rings. The molecule has 2 aromatic heterocycles. The van der Waals surface area contributed by atoms with Gasteiger partial charge in [-0.1, -0.05) is 133 Å². The van der Waals surface area contributed by atoms with Crippen LogP contribution in [-0.2, 0) is 0 Å². The number of fused-ring (bicyclic) bond motifs is 7. The fourth-order valence-corrected chi connectivity index (χ4v) is 7.00. The lowest BCUT2D eigenvalue weighted by Gasteiger charge is -2.15. The molecule has 0 bridgehead atoms. The van der Waals surface area contributed by atoms with Gasteiger partial charge in [-0.15, -0.1) is 0 Å². The van der Waals surface area contributed by atoms with E-state index in [9.17, 15) is 0 Å². The zero-order valence-corrected chi connectivity index (χ0v) is 24.1. The zero-order chi connectivity index (χ0) is 29.0. The molecule has 9 rings (SSSR count). The summed E-state index contributed by atoms with van der Waals surface area (Å²) in [5, 5.41) is 5.06. The average molecular weight is 561 g/mol. The summed E-state index contributed by atoms with van der Waals surface area (Å²) in [6, 6.07) is 61.3. The molecule has 0 saturated carbocycles. The van der Waals surface area contributed by atoms with Gasteiger partial charge in [-0.05, 0) is 53.1 Å². The van der Waals surface area contributed by atoms with Gasteiger partial charge in [-0.3, -0.25) is 0 Å². The monoisotopic (exact) mass is 560 g/mol. The molecule has 2 heterocycles. The maximum atomic E-state index is 2.46. The highest BCUT2D eigenvalue weighted by Gasteiger charge is 2.21. The number of hydrogen-bond acceptors (Lipinski definition) is 0. The van der Waals surface area contributed by atoms with Gasteiger partial charge in [-0.25, -0.2) is 0 Å². The molecule has 0 unspecified atom stereocenters. The number of benzene rings is 7. The van der Waals surface area contributed by atoms with E-state index in [1.54, 1.807) is 0 Å². The lowest BCUT2D eigenvalue weighted by atomic mass is 9.99. The van der Waals surface area contributed by atoms with Crippen molar-refractivity contribution in [3.8, 4) is 33.6 Å². The molecule has 206 valence electrons. The first kappa shape index (κ1) is 24.7. The molecule has 44 heavy (non-hydrogen) atoms. The molecule has 0 amide bonds. The smallest absolute Gasteiger partial charge is 0.0641 e. The van der Waals surface area contributed by atoms with E-state index in [4.69, 9.17) is 0 Å². The van der Waals surface area contributed by atoms with E-state index >= 15 is 0 Å². The molecule has 0 aliphatic carbocycles. The molecule has 2 nitrogen and oxygen atoms in total. The lowest BCUT2D eigenvalue weighted by Crippen LogP contribution is -1.97. The number of rotatable bonds is 4. The van der Waals surface area contributed by atoms with Gasteiger partial charge in [0.2, 0.25) is 0 Å². The Labute approximate surface area is 255 Å². The van der Waals surface area contributed by atoms with Crippen LogP contribution in [-0.4, -0.2) is 9.13 Å². The van der Waals surface area contributed by atoms with E-state index in [0.29, 0.717) is 0 Å². The molecule has 7 aromatic carbocycles. The van der Waals surface area contributed by atoms with Gasteiger partial charge in [0.25, 0.3) is 0 Å². The topological polar surface area (TPSA) is 9.86 Å². The number of hydrogen-bond donors (Lipinski definition) is 0. The molecular weight excluding hydrogens is 532 g/mol. The molecule has 0 aliphatic rings. The average Bonchev–Trinajstić information content (AvgIpc) is 3.62. The van der Waals surface area contributed by atoms with Gasteiger partial charge < -0.3 is 9.13 Å². The molecule has 0 spiro atoms. The summed E-state index contributed by atoms with van der Waals surface area (Å²) >= 11 is 0. The first-order valence-corrected chi connectivity index (χ1v) is 15.1.